The molecule has 7 heteroatoms. The van der Waals surface area contributed by atoms with Gasteiger partial charge in [-0.3, -0.25) is 9.78 Å². The number of nitrogen functional groups attached to an aromatic ring is 1. The van der Waals surface area contributed by atoms with E-state index in [1.807, 2.05) is 55.6 Å². The minimum absolute atomic E-state index is 0.388. The number of carbonyl (C=O) groups is 1. The molecule has 0 spiro atoms. The van der Waals surface area contributed by atoms with Crippen LogP contribution in [0.1, 0.15) is 24.8 Å². The summed E-state index contributed by atoms with van der Waals surface area (Å²) in [5, 5.41) is 12.2. The smallest absolute Gasteiger partial charge is 0.212 e. The zero-order valence-corrected chi connectivity index (χ0v) is 18.3. The normalized spacial score (nSPS) is 12.4. The molecule has 33 heavy (non-hydrogen) atoms. The van der Waals surface area contributed by atoms with Crippen molar-refractivity contribution in [3.05, 3.63) is 66.5 Å². The van der Waals surface area contributed by atoms with Crippen LogP contribution in [0.15, 0.2) is 60.9 Å². The Labute approximate surface area is 192 Å². The number of nitriles is 1. The Bertz CT molecular complexity index is 1330. The molecule has 0 unspecified atom stereocenters. The van der Waals surface area contributed by atoms with E-state index in [0.29, 0.717) is 18.0 Å². The summed E-state index contributed by atoms with van der Waals surface area (Å²) in [4.78, 5) is 23.9. The fourth-order valence-corrected chi connectivity index (χ4v) is 3.49. The second-order valence-corrected chi connectivity index (χ2v) is 8.00. The van der Waals surface area contributed by atoms with E-state index in [0.717, 1.165) is 51.2 Å². The van der Waals surface area contributed by atoms with E-state index in [9.17, 15) is 4.79 Å². The van der Waals surface area contributed by atoms with Crippen LogP contribution in [0, 0.1) is 24.2 Å². The highest BCUT2D eigenvalue weighted by Crippen LogP contribution is 2.31. The third-order valence-corrected chi connectivity index (χ3v) is 5.49. The lowest BCUT2D eigenvalue weighted by Gasteiger charge is -2.11. The number of benzene rings is 1. The second-order valence-electron chi connectivity index (χ2n) is 8.00. The lowest BCUT2D eigenvalue weighted by atomic mass is 10.0. The molecule has 3 N–H and O–H groups in total. The standard InChI is InChI=1S/C21H17N5O.C5H7N/c1-13-7-18(14-5-3-2-4-6-14)23-10-16(13)19-8-15-9-20(25-12-27)24-11-17(15)21(22)26-19;6-4-3-5-1-2-5/h2-12H,1H3,(H2,22,26)(H,24,25,27);5H,1-3H2. The van der Waals surface area contributed by atoms with Crippen LogP contribution in [0.5, 0.6) is 0 Å². The van der Waals surface area contributed by atoms with Crippen LogP contribution in [-0.2, 0) is 4.79 Å². The lowest BCUT2D eigenvalue weighted by Crippen LogP contribution is -2.00. The molecule has 3 aromatic heterocycles. The molecule has 4 aromatic rings. The lowest BCUT2D eigenvalue weighted by molar-refractivity contribution is -0.105. The van der Waals surface area contributed by atoms with Crippen LogP contribution in [-0.4, -0.2) is 21.4 Å². The molecular weight excluding hydrogens is 412 g/mol. The summed E-state index contributed by atoms with van der Waals surface area (Å²) in [6, 6.07) is 17.9. The Balaban J connectivity index is 0.000000376. The van der Waals surface area contributed by atoms with Gasteiger partial charge in [0.1, 0.15) is 11.6 Å². The number of nitrogens with zero attached hydrogens (tertiary/aromatic N) is 4. The highest BCUT2D eigenvalue weighted by Gasteiger charge is 2.19. The Morgan fingerprint density at radius 2 is 1.91 bits per heavy atom. The highest BCUT2D eigenvalue weighted by atomic mass is 16.1. The maximum absolute atomic E-state index is 10.7. The van der Waals surface area contributed by atoms with Gasteiger partial charge < -0.3 is 11.1 Å². The predicted octanol–water partition coefficient (Wildman–Crippen LogP) is 5.13. The number of carbonyl (C=O) groups excluding carboxylic acids is 1. The zero-order chi connectivity index (χ0) is 23.2. The number of nitrogens with two attached hydrogens (primary N) is 1. The molecular formula is C26H24N6O. The summed E-state index contributed by atoms with van der Waals surface area (Å²) in [7, 11) is 0. The van der Waals surface area contributed by atoms with E-state index in [1.54, 1.807) is 12.3 Å². The molecule has 1 amide bonds. The van der Waals surface area contributed by atoms with Crippen molar-refractivity contribution in [1.82, 2.24) is 15.0 Å². The number of hydrogen-bond acceptors (Lipinski definition) is 6. The fourth-order valence-electron chi connectivity index (χ4n) is 3.49. The van der Waals surface area contributed by atoms with E-state index in [-0.39, 0.29) is 0 Å². The quantitative estimate of drug-likeness (QED) is 0.419. The van der Waals surface area contributed by atoms with Crippen molar-refractivity contribution in [3.8, 4) is 28.6 Å². The number of amides is 1. The maximum Gasteiger partial charge on any atom is 0.212 e. The first-order valence-corrected chi connectivity index (χ1v) is 10.7. The summed E-state index contributed by atoms with van der Waals surface area (Å²) in [5.41, 5.74) is 10.8. The molecule has 0 bridgehead atoms. The van der Waals surface area contributed by atoms with Gasteiger partial charge in [-0.2, -0.15) is 5.26 Å². The van der Waals surface area contributed by atoms with Crippen molar-refractivity contribution in [1.29, 1.82) is 5.26 Å². The number of hydrogen-bond donors (Lipinski definition) is 2. The first-order valence-electron chi connectivity index (χ1n) is 10.7. The highest BCUT2D eigenvalue weighted by molar-refractivity contribution is 5.95. The van der Waals surface area contributed by atoms with Gasteiger partial charge in [-0.25, -0.2) is 9.97 Å². The number of aromatic nitrogens is 3. The fraction of sp³-hybridized carbons (Fsp3) is 0.192. The Morgan fingerprint density at radius 3 is 2.55 bits per heavy atom. The molecule has 1 aliphatic carbocycles. The van der Waals surface area contributed by atoms with Gasteiger partial charge >= 0.3 is 0 Å². The average molecular weight is 437 g/mol. The van der Waals surface area contributed by atoms with Crippen molar-refractivity contribution in [2.75, 3.05) is 11.1 Å². The van der Waals surface area contributed by atoms with Crippen LogP contribution < -0.4 is 11.1 Å². The average Bonchev–Trinajstić information content (AvgIpc) is 3.64. The summed E-state index contributed by atoms with van der Waals surface area (Å²) in [6.45, 7) is 2.03. The van der Waals surface area contributed by atoms with Crippen molar-refractivity contribution in [2.45, 2.75) is 26.2 Å². The largest absolute Gasteiger partial charge is 0.383 e. The SMILES string of the molecule is Cc1cc(-c2ccccc2)ncc1-c1cc2cc(NC=O)ncc2c(N)n1.N#CCC1CC1. The summed E-state index contributed by atoms with van der Waals surface area (Å²) in [5.74, 6) is 1.64. The maximum atomic E-state index is 10.7. The molecule has 1 aromatic carbocycles. The van der Waals surface area contributed by atoms with E-state index >= 15 is 0 Å². The monoisotopic (exact) mass is 436 g/mol. The molecule has 5 rings (SSSR count). The molecule has 1 aliphatic rings. The van der Waals surface area contributed by atoms with Crippen molar-refractivity contribution in [2.24, 2.45) is 5.92 Å². The van der Waals surface area contributed by atoms with Gasteiger partial charge in [0.2, 0.25) is 6.41 Å². The van der Waals surface area contributed by atoms with Crippen LogP contribution in [0.25, 0.3) is 33.3 Å². The first kappa shape index (κ1) is 21.9. The zero-order valence-electron chi connectivity index (χ0n) is 18.3. The molecule has 0 aliphatic heterocycles. The van der Waals surface area contributed by atoms with Gasteiger partial charge in [-0.1, -0.05) is 30.3 Å². The van der Waals surface area contributed by atoms with Crippen LogP contribution >= 0.6 is 0 Å². The number of aryl methyl sites for hydroxylation is 1. The Kier molecular flexibility index (Phi) is 6.56. The van der Waals surface area contributed by atoms with Gasteiger partial charge in [0.25, 0.3) is 0 Å². The topological polar surface area (TPSA) is 118 Å². The Morgan fingerprint density at radius 1 is 1.12 bits per heavy atom. The molecule has 164 valence electrons. The predicted molar refractivity (Wildman–Crippen MR) is 130 cm³/mol. The molecule has 7 nitrogen and oxygen atoms in total. The van der Waals surface area contributed by atoms with E-state index < -0.39 is 0 Å². The van der Waals surface area contributed by atoms with Gasteiger partial charge in [0.15, 0.2) is 0 Å². The molecule has 1 saturated carbocycles. The van der Waals surface area contributed by atoms with Crippen molar-refractivity contribution < 1.29 is 4.79 Å². The van der Waals surface area contributed by atoms with Gasteiger partial charge in [-0.15, -0.1) is 0 Å². The molecule has 3 heterocycles. The van der Waals surface area contributed by atoms with Crippen LogP contribution in [0.4, 0.5) is 11.6 Å². The summed E-state index contributed by atoms with van der Waals surface area (Å²) in [6.07, 6.45) is 7.41. The number of pyridine rings is 3. The number of nitrogens with one attached hydrogen (secondary N) is 1. The van der Waals surface area contributed by atoms with Crippen LogP contribution in [0.2, 0.25) is 0 Å². The van der Waals surface area contributed by atoms with E-state index in [1.165, 1.54) is 12.8 Å². The van der Waals surface area contributed by atoms with Crippen molar-refractivity contribution in [3.63, 3.8) is 0 Å². The molecule has 0 radical (unpaired) electrons. The minimum Gasteiger partial charge on any atom is -0.383 e. The van der Waals surface area contributed by atoms with Crippen LogP contribution in [0.3, 0.4) is 0 Å². The number of rotatable bonds is 5. The van der Waals surface area contributed by atoms with Gasteiger partial charge in [-0.05, 0) is 54.8 Å². The number of fused-ring (bicyclic) bond motifs is 1. The summed E-state index contributed by atoms with van der Waals surface area (Å²) < 4.78 is 0. The molecule has 0 atom stereocenters. The van der Waals surface area contributed by atoms with Gasteiger partial charge in [0.05, 0.1) is 17.5 Å². The van der Waals surface area contributed by atoms with Gasteiger partial charge in [0, 0.05) is 35.3 Å². The minimum atomic E-state index is 0.388. The first-order chi connectivity index (χ1) is 16.1. The second kappa shape index (κ2) is 9.88. The summed E-state index contributed by atoms with van der Waals surface area (Å²) >= 11 is 0. The number of anilines is 2. The molecule has 1 fully saturated rings. The molecule has 0 saturated heterocycles. The van der Waals surface area contributed by atoms with Crippen molar-refractivity contribution >= 4 is 28.8 Å². The Hall–Kier alpha value is -4.31. The van der Waals surface area contributed by atoms with E-state index in [2.05, 4.69) is 26.3 Å². The van der Waals surface area contributed by atoms with E-state index in [4.69, 9.17) is 11.0 Å². The third-order valence-electron chi connectivity index (χ3n) is 5.49. The third kappa shape index (κ3) is 5.31.